The van der Waals surface area contributed by atoms with E-state index in [9.17, 15) is 0 Å². The van der Waals surface area contributed by atoms with Crippen molar-refractivity contribution in [1.29, 1.82) is 0 Å². The Balaban J connectivity index is 0.00000110. The van der Waals surface area contributed by atoms with E-state index >= 15 is 0 Å². The minimum Gasteiger partial charge on any atom is -1.00 e. The van der Waals surface area contributed by atoms with E-state index < -0.39 is 0 Å². The van der Waals surface area contributed by atoms with Crippen molar-refractivity contribution in [2.24, 2.45) is 17.8 Å². The summed E-state index contributed by atoms with van der Waals surface area (Å²) in [5.41, 5.74) is 1.97. The van der Waals surface area contributed by atoms with Crippen LogP contribution >= 0.6 is 17.0 Å². The number of hydrogen-bond acceptors (Lipinski definition) is 1. The van der Waals surface area contributed by atoms with E-state index in [1.807, 2.05) is 7.11 Å². The molecular weight excluding hydrogens is 324 g/mol. The van der Waals surface area contributed by atoms with Crippen molar-refractivity contribution in [3.63, 3.8) is 0 Å². The van der Waals surface area contributed by atoms with Gasteiger partial charge in [-0.15, -0.1) is 17.0 Å². The summed E-state index contributed by atoms with van der Waals surface area (Å²) in [5, 5.41) is 0. The molecule has 1 nitrogen and oxygen atoms in total. The van der Waals surface area contributed by atoms with Crippen molar-refractivity contribution >= 4 is 40.0 Å². The molecule has 4 saturated carbocycles. The Labute approximate surface area is 151 Å². The van der Waals surface area contributed by atoms with Crippen LogP contribution in [0.4, 0.5) is 0 Å². The third-order valence-corrected chi connectivity index (χ3v) is 5.72. The molecular formula is C17H25BrMgO. The fourth-order valence-electron chi connectivity index (χ4n) is 5.52. The van der Waals surface area contributed by atoms with Crippen LogP contribution in [0.25, 0.3) is 0 Å². The topological polar surface area (TPSA) is 9.23 Å². The summed E-state index contributed by atoms with van der Waals surface area (Å²) in [6.07, 6.45) is 8.77. The second-order valence-corrected chi connectivity index (χ2v) is 6.90. The largest absolute Gasteiger partial charge is 2.00 e. The van der Waals surface area contributed by atoms with Crippen molar-refractivity contribution in [2.45, 2.75) is 43.9 Å². The van der Waals surface area contributed by atoms with Gasteiger partial charge in [0.2, 0.25) is 0 Å². The second-order valence-electron chi connectivity index (χ2n) is 6.90. The maximum atomic E-state index is 5.63. The monoisotopic (exact) mass is 348 g/mol. The van der Waals surface area contributed by atoms with Gasteiger partial charge in [-0.3, -0.25) is 0 Å². The quantitative estimate of drug-likeness (QED) is 0.710. The standard InChI is InChI=1S/C17H22O.BrH.Mg.2H/c1-18-16-5-3-2-4-15(16)17-9-12-6-13(10-17)8-14(7-12)11-17;;;;/h2-5,12-14H,6-11H2,1H3;1H;;;/q;;+2;2*-1. The fraction of sp³-hybridized carbons (Fsp3) is 0.647. The molecule has 1 aromatic rings. The summed E-state index contributed by atoms with van der Waals surface area (Å²) in [4.78, 5) is 0. The Morgan fingerprint density at radius 1 is 1.00 bits per heavy atom. The van der Waals surface area contributed by atoms with Crippen LogP contribution in [0.1, 0.15) is 46.9 Å². The van der Waals surface area contributed by atoms with Gasteiger partial charge < -0.3 is 7.59 Å². The van der Waals surface area contributed by atoms with E-state index in [1.165, 1.54) is 44.1 Å². The van der Waals surface area contributed by atoms with Gasteiger partial charge in [-0.25, -0.2) is 0 Å². The van der Waals surface area contributed by atoms with Gasteiger partial charge in [0.1, 0.15) is 5.75 Å². The number of ether oxygens (including phenoxy) is 1. The molecule has 0 aromatic heterocycles. The van der Waals surface area contributed by atoms with E-state index in [0.717, 1.165) is 23.5 Å². The first-order chi connectivity index (χ1) is 8.79. The Kier molecular flexibility index (Phi) is 5.14. The van der Waals surface area contributed by atoms with E-state index in [4.69, 9.17) is 4.74 Å². The average Bonchev–Trinajstić information content (AvgIpc) is 2.37. The van der Waals surface area contributed by atoms with Crippen molar-refractivity contribution in [2.75, 3.05) is 7.11 Å². The fourth-order valence-corrected chi connectivity index (χ4v) is 5.52. The number of para-hydroxylation sites is 1. The van der Waals surface area contributed by atoms with Crippen LogP contribution in [-0.4, -0.2) is 30.2 Å². The van der Waals surface area contributed by atoms with E-state index in [2.05, 4.69) is 24.3 Å². The molecule has 4 fully saturated rings. The van der Waals surface area contributed by atoms with Crippen molar-refractivity contribution in [1.82, 2.24) is 0 Å². The molecule has 0 atom stereocenters. The molecule has 5 rings (SSSR count). The van der Waals surface area contributed by atoms with Gasteiger partial charge in [-0.1, -0.05) is 18.2 Å². The first kappa shape index (κ1) is 16.6. The molecule has 0 unspecified atom stereocenters. The molecule has 4 bridgehead atoms. The molecule has 0 saturated heterocycles. The SMILES string of the molecule is Br.COc1ccccc1C12CC3CC(CC(C3)C1)C2.[H-].[H-].[Mg+2]. The van der Waals surface area contributed by atoms with Crippen LogP contribution in [0.3, 0.4) is 0 Å². The molecule has 0 radical (unpaired) electrons. The predicted molar refractivity (Wildman–Crippen MR) is 91.1 cm³/mol. The van der Waals surface area contributed by atoms with Crippen LogP contribution < -0.4 is 4.74 Å². The summed E-state index contributed by atoms with van der Waals surface area (Å²) < 4.78 is 5.63. The summed E-state index contributed by atoms with van der Waals surface area (Å²) in [6, 6.07) is 8.76. The Morgan fingerprint density at radius 2 is 1.50 bits per heavy atom. The van der Waals surface area contributed by atoms with Crippen molar-refractivity contribution < 1.29 is 7.59 Å². The predicted octanol–water partition coefficient (Wildman–Crippen LogP) is 4.59. The van der Waals surface area contributed by atoms with Gasteiger partial charge in [0.15, 0.2) is 0 Å². The molecule has 4 aliphatic carbocycles. The Morgan fingerprint density at radius 3 is 2.00 bits per heavy atom. The van der Waals surface area contributed by atoms with Crippen LogP contribution in [0.15, 0.2) is 24.3 Å². The molecule has 0 aliphatic heterocycles. The van der Waals surface area contributed by atoms with E-state index in [1.54, 1.807) is 0 Å². The third kappa shape index (κ3) is 2.54. The first-order valence-corrected chi connectivity index (χ1v) is 7.42. The van der Waals surface area contributed by atoms with Gasteiger partial charge in [-0.2, -0.15) is 0 Å². The maximum absolute atomic E-state index is 5.63. The van der Waals surface area contributed by atoms with Crippen LogP contribution in [0.5, 0.6) is 5.75 Å². The van der Waals surface area contributed by atoms with Crippen LogP contribution in [-0.2, 0) is 5.41 Å². The first-order valence-electron chi connectivity index (χ1n) is 7.42. The molecule has 0 spiro atoms. The minimum atomic E-state index is 0. The maximum Gasteiger partial charge on any atom is 2.00 e. The summed E-state index contributed by atoms with van der Waals surface area (Å²) in [7, 11) is 1.82. The number of hydrogen-bond donors (Lipinski definition) is 0. The molecule has 108 valence electrons. The van der Waals surface area contributed by atoms with Crippen molar-refractivity contribution in [3.8, 4) is 5.75 Å². The normalized spacial score (nSPS) is 37.0. The smallest absolute Gasteiger partial charge is 1.00 e. The van der Waals surface area contributed by atoms with Gasteiger partial charge >= 0.3 is 23.1 Å². The Bertz CT molecular complexity index is 448. The van der Waals surface area contributed by atoms with E-state index in [-0.39, 0.29) is 42.9 Å². The van der Waals surface area contributed by atoms with Crippen molar-refractivity contribution in [3.05, 3.63) is 29.8 Å². The van der Waals surface area contributed by atoms with Gasteiger partial charge in [0.25, 0.3) is 0 Å². The number of halogens is 1. The zero-order valence-corrected chi connectivity index (χ0v) is 15.4. The molecule has 4 aliphatic rings. The summed E-state index contributed by atoms with van der Waals surface area (Å²) >= 11 is 0. The zero-order valence-electron chi connectivity index (χ0n) is 14.3. The summed E-state index contributed by atoms with van der Waals surface area (Å²) in [5.74, 6) is 4.13. The second kappa shape index (κ2) is 6.17. The van der Waals surface area contributed by atoms with Crippen LogP contribution in [0.2, 0.25) is 0 Å². The minimum absolute atomic E-state index is 0. The number of methoxy groups -OCH3 is 1. The molecule has 20 heavy (non-hydrogen) atoms. The molecule has 0 heterocycles. The molecule has 3 heteroatoms. The van der Waals surface area contributed by atoms with E-state index in [0.29, 0.717) is 5.41 Å². The molecule has 0 amide bonds. The molecule has 0 N–H and O–H groups in total. The third-order valence-electron chi connectivity index (χ3n) is 5.72. The average molecular weight is 350 g/mol. The van der Waals surface area contributed by atoms with Gasteiger partial charge in [0.05, 0.1) is 7.11 Å². The van der Waals surface area contributed by atoms with Crippen LogP contribution in [0, 0.1) is 17.8 Å². The Hall–Kier alpha value is 0.266. The van der Waals surface area contributed by atoms with Gasteiger partial charge in [0, 0.05) is 5.56 Å². The number of benzene rings is 1. The van der Waals surface area contributed by atoms with Gasteiger partial charge in [-0.05, 0) is 67.8 Å². The summed E-state index contributed by atoms with van der Waals surface area (Å²) in [6.45, 7) is 0. The zero-order chi connectivity index (χ0) is 12.2. The number of rotatable bonds is 2. The molecule has 1 aromatic carbocycles.